The van der Waals surface area contributed by atoms with Gasteiger partial charge >= 0.3 is 0 Å². The highest BCUT2D eigenvalue weighted by molar-refractivity contribution is 7.90. The molecular formula is C16H16NO2S. The first-order valence-electron chi connectivity index (χ1n) is 6.60. The second kappa shape index (κ2) is 5.04. The Bertz CT molecular complexity index is 738. The lowest BCUT2D eigenvalue weighted by Gasteiger charge is -2.26. The summed E-state index contributed by atoms with van der Waals surface area (Å²) < 4.78 is 23.4. The standard InChI is InChI=1S/C16H16NO2S/c1-20(18,19)14-7-4-6-13(11-14)16-15-8-3-2-5-12(15)9-10-17-16/h2-8,11,16H,9-10H2,1H3. The van der Waals surface area contributed by atoms with E-state index in [-0.39, 0.29) is 6.04 Å². The number of nitrogens with zero attached hydrogens (tertiary/aromatic N) is 1. The molecule has 0 spiro atoms. The van der Waals surface area contributed by atoms with E-state index in [1.807, 2.05) is 18.2 Å². The molecule has 2 aromatic rings. The fraction of sp³-hybridized carbons (Fsp3) is 0.250. The minimum absolute atomic E-state index is 0.0540. The summed E-state index contributed by atoms with van der Waals surface area (Å²) in [4.78, 5) is 0.355. The summed E-state index contributed by atoms with van der Waals surface area (Å²) in [7, 11) is -3.18. The summed E-state index contributed by atoms with van der Waals surface area (Å²) in [6, 6.07) is 15.3. The number of hydrogen-bond donors (Lipinski definition) is 0. The highest BCUT2D eigenvalue weighted by Crippen LogP contribution is 2.30. The smallest absolute Gasteiger partial charge is 0.175 e. The largest absolute Gasteiger partial charge is 0.229 e. The number of hydrogen-bond acceptors (Lipinski definition) is 2. The van der Waals surface area contributed by atoms with Gasteiger partial charge in [0.2, 0.25) is 0 Å². The van der Waals surface area contributed by atoms with E-state index >= 15 is 0 Å². The number of rotatable bonds is 2. The summed E-state index contributed by atoms with van der Waals surface area (Å²) in [5.41, 5.74) is 3.43. The summed E-state index contributed by atoms with van der Waals surface area (Å²) in [6.45, 7) is 0.783. The number of sulfone groups is 1. The van der Waals surface area contributed by atoms with E-state index in [9.17, 15) is 8.42 Å². The van der Waals surface area contributed by atoms with Gasteiger partial charge in [-0.3, -0.25) is 0 Å². The Balaban J connectivity index is 2.07. The predicted octanol–water partition coefficient (Wildman–Crippen LogP) is 2.34. The molecular weight excluding hydrogens is 270 g/mol. The van der Waals surface area contributed by atoms with Gasteiger partial charge in [-0.2, -0.15) is 0 Å². The zero-order chi connectivity index (χ0) is 14.2. The third kappa shape index (κ3) is 2.49. The lowest BCUT2D eigenvalue weighted by atomic mass is 9.90. The van der Waals surface area contributed by atoms with Crippen LogP contribution in [0.3, 0.4) is 0 Å². The molecule has 0 N–H and O–H groups in total. The molecule has 0 amide bonds. The Labute approximate surface area is 119 Å². The topological polar surface area (TPSA) is 48.2 Å². The van der Waals surface area contributed by atoms with E-state index in [1.54, 1.807) is 18.2 Å². The van der Waals surface area contributed by atoms with Crippen molar-refractivity contribution in [2.75, 3.05) is 12.8 Å². The van der Waals surface area contributed by atoms with Crippen molar-refractivity contribution in [3.8, 4) is 0 Å². The third-order valence-electron chi connectivity index (χ3n) is 3.64. The van der Waals surface area contributed by atoms with E-state index in [0.29, 0.717) is 4.90 Å². The highest BCUT2D eigenvalue weighted by Gasteiger charge is 2.22. The van der Waals surface area contributed by atoms with Crippen LogP contribution in [0.1, 0.15) is 22.7 Å². The Morgan fingerprint density at radius 1 is 1.10 bits per heavy atom. The Morgan fingerprint density at radius 3 is 2.70 bits per heavy atom. The van der Waals surface area contributed by atoms with Gasteiger partial charge in [-0.25, -0.2) is 13.7 Å². The van der Waals surface area contributed by atoms with Crippen LogP contribution in [-0.4, -0.2) is 21.2 Å². The maximum atomic E-state index is 11.7. The van der Waals surface area contributed by atoms with Gasteiger partial charge in [0, 0.05) is 12.8 Å². The fourth-order valence-corrected chi connectivity index (χ4v) is 3.32. The molecule has 0 fully saturated rings. The number of fused-ring (bicyclic) bond motifs is 1. The maximum absolute atomic E-state index is 11.7. The quantitative estimate of drug-likeness (QED) is 0.850. The van der Waals surface area contributed by atoms with Crippen LogP contribution in [0.25, 0.3) is 0 Å². The van der Waals surface area contributed by atoms with Gasteiger partial charge in [-0.05, 0) is 35.2 Å². The van der Waals surface area contributed by atoms with Crippen LogP contribution in [0, 0.1) is 0 Å². The average molecular weight is 286 g/mol. The minimum atomic E-state index is -3.18. The van der Waals surface area contributed by atoms with E-state index in [2.05, 4.69) is 17.4 Å². The summed E-state index contributed by atoms with van der Waals surface area (Å²) in [6.07, 6.45) is 2.19. The second-order valence-corrected chi connectivity index (χ2v) is 7.12. The molecule has 0 saturated heterocycles. The molecule has 1 unspecified atom stereocenters. The predicted molar refractivity (Wildman–Crippen MR) is 78.5 cm³/mol. The summed E-state index contributed by atoms with van der Waals surface area (Å²) in [5.74, 6) is 0. The van der Waals surface area contributed by atoms with Crippen molar-refractivity contribution in [3.63, 3.8) is 0 Å². The molecule has 1 aliphatic rings. The van der Waals surface area contributed by atoms with E-state index < -0.39 is 9.84 Å². The maximum Gasteiger partial charge on any atom is 0.175 e. The van der Waals surface area contributed by atoms with Gasteiger partial charge in [0.05, 0.1) is 10.9 Å². The minimum Gasteiger partial charge on any atom is -0.229 e. The molecule has 1 radical (unpaired) electrons. The van der Waals surface area contributed by atoms with Gasteiger partial charge in [0.1, 0.15) is 0 Å². The Morgan fingerprint density at radius 2 is 1.90 bits per heavy atom. The van der Waals surface area contributed by atoms with Crippen molar-refractivity contribution in [1.82, 2.24) is 5.32 Å². The van der Waals surface area contributed by atoms with Gasteiger partial charge in [0.25, 0.3) is 0 Å². The summed E-state index contributed by atoms with van der Waals surface area (Å²) in [5, 5.41) is 4.67. The molecule has 20 heavy (non-hydrogen) atoms. The molecule has 4 heteroatoms. The van der Waals surface area contributed by atoms with E-state index in [0.717, 1.165) is 18.5 Å². The van der Waals surface area contributed by atoms with Crippen LogP contribution in [0.5, 0.6) is 0 Å². The van der Waals surface area contributed by atoms with E-state index in [4.69, 9.17) is 0 Å². The number of benzene rings is 2. The molecule has 0 aliphatic carbocycles. The van der Waals surface area contributed by atoms with Crippen molar-refractivity contribution >= 4 is 9.84 Å². The first-order chi connectivity index (χ1) is 9.55. The molecule has 1 atom stereocenters. The normalized spacial score (nSPS) is 18.6. The summed E-state index contributed by atoms with van der Waals surface area (Å²) >= 11 is 0. The molecule has 3 rings (SSSR count). The highest BCUT2D eigenvalue weighted by atomic mass is 32.2. The van der Waals surface area contributed by atoms with E-state index in [1.165, 1.54) is 17.4 Å². The van der Waals surface area contributed by atoms with Gasteiger partial charge < -0.3 is 0 Å². The molecule has 3 nitrogen and oxygen atoms in total. The first-order valence-corrected chi connectivity index (χ1v) is 8.49. The Kier molecular flexibility index (Phi) is 3.36. The Hall–Kier alpha value is -1.65. The van der Waals surface area contributed by atoms with Crippen molar-refractivity contribution in [2.24, 2.45) is 0 Å². The first kappa shape index (κ1) is 13.3. The van der Waals surface area contributed by atoms with Crippen LogP contribution in [0.4, 0.5) is 0 Å². The molecule has 1 aliphatic heterocycles. The van der Waals surface area contributed by atoms with Crippen molar-refractivity contribution in [1.29, 1.82) is 0 Å². The monoisotopic (exact) mass is 286 g/mol. The van der Waals surface area contributed by atoms with Crippen LogP contribution in [-0.2, 0) is 16.3 Å². The fourth-order valence-electron chi connectivity index (χ4n) is 2.64. The van der Waals surface area contributed by atoms with Crippen molar-refractivity contribution in [3.05, 3.63) is 65.2 Å². The lowest BCUT2D eigenvalue weighted by molar-refractivity contribution is 0.554. The van der Waals surface area contributed by atoms with Crippen molar-refractivity contribution in [2.45, 2.75) is 17.4 Å². The lowest BCUT2D eigenvalue weighted by Crippen LogP contribution is -2.24. The zero-order valence-corrected chi connectivity index (χ0v) is 12.1. The third-order valence-corrected chi connectivity index (χ3v) is 4.75. The molecule has 0 aromatic heterocycles. The van der Waals surface area contributed by atoms with Gasteiger partial charge in [0.15, 0.2) is 9.84 Å². The molecule has 103 valence electrons. The van der Waals surface area contributed by atoms with Crippen LogP contribution < -0.4 is 5.32 Å². The van der Waals surface area contributed by atoms with Gasteiger partial charge in [-0.1, -0.05) is 36.4 Å². The van der Waals surface area contributed by atoms with Gasteiger partial charge in [-0.15, -0.1) is 0 Å². The average Bonchev–Trinajstić information content (AvgIpc) is 2.46. The second-order valence-electron chi connectivity index (χ2n) is 5.10. The van der Waals surface area contributed by atoms with Crippen molar-refractivity contribution < 1.29 is 8.42 Å². The zero-order valence-electron chi connectivity index (χ0n) is 11.3. The molecule has 0 saturated carbocycles. The van der Waals surface area contributed by atoms with Crippen LogP contribution >= 0.6 is 0 Å². The molecule has 0 bridgehead atoms. The molecule has 2 aromatic carbocycles. The SMILES string of the molecule is CS(=O)(=O)c1cccc(C2[N]CCc3ccccc32)c1. The van der Waals surface area contributed by atoms with Crippen LogP contribution in [0.2, 0.25) is 0 Å². The van der Waals surface area contributed by atoms with Crippen LogP contribution in [0.15, 0.2) is 53.4 Å². The molecule has 1 heterocycles.